The van der Waals surface area contributed by atoms with E-state index in [-0.39, 0.29) is 0 Å². The molecule has 1 atom stereocenters. The third-order valence-corrected chi connectivity index (χ3v) is 5.63. The lowest BCUT2D eigenvalue weighted by atomic mass is 10.1. The van der Waals surface area contributed by atoms with Crippen molar-refractivity contribution in [1.82, 2.24) is 15.3 Å². The van der Waals surface area contributed by atoms with Crippen molar-refractivity contribution in [3.05, 3.63) is 31.2 Å². The predicted octanol–water partition coefficient (Wildman–Crippen LogP) is 4.12. The van der Waals surface area contributed by atoms with Crippen LogP contribution < -0.4 is 5.32 Å². The summed E-state index contributed by atoms with van der Waals surface area (Å²) in [5.74, 6) is 0. The fraction of sp³-hybridized carbons (Fsp3) is 0.600. The standard InChI is InChI=1S/C15H23N3S2/c1-6-7-16-13(15-10(3)17-12(5)20-15)8-14-18-9(2)11(4)19-14/h13,16H,6-8H2,1-5H3. The average molecular weight is 310 g/mol. The maximum Gasteiger partial charge on any atom is 0.0950 e. The summed E-state index contributed by atoms with van der Waals surface area (Å²) in [7, 11) is 0. The largest absolute Gasteiger partial charge is 0.309 e. The molecule has 3 nitrogen and oxygen atoms in total. The zero-order chi connectivity index (χ0) is 14.7. The van der Waals surface area contributed by atoms with Crippen LogP contribution in [0.4, 0.5) is 0 Å². The molecule has 1 unspecified atom stereocenters. The molecule has 0 saturated heterocycles. The highest BCUT2D eigenvalue weighted by molar-refractivity contribution is 7.12. The first-order chi connectivity index (χ1) is 9.51. The number of aryl methyl sites for hydroxylation is 4. The fourth-order valence-electron chi connectivity index (χ4n) is 2.25. The topological polar surface area (TPSA) is 37.8 Å². The first-order valence-corrected chi connectivity index (χ1v) is 8.74. The molecule has 0 aliphatic carbocycles. The van der Waals surface area contributed by atoms with Crippen molar-refractivity contribution in [1.29, 1.82) is 0 Å². The third-order valence-electron chi connectivity index (χ3n) is 3.35. The van der Waals surface area contributed by atoms with Gasteiger partial charge in [-0.05, 0) is 40.7 Å². The van der Waals surface area contributed by atoms with Gasteiger partial charge in [0.2, 0.25) is 0 Å². The summed E-state index contributed by atoms with van der Waals surface area (Å²) in [6, 6.07) is 0.339. The lowest BCUT2D eigenvalue weighted by Gasteiger charge is -2.16. The van der Waals surface area contributed by atoms with Gasteiger partial charge in [0.15, 0.2) is 0 Å². The monoisotopic (exact) mass is 309 g/mol. The van der Waals surface area contributed by atoms with Crippen LogP contribution in [0.5, 0.6) is 0 Å². The van der Waals surface area contributed by atoms with E-state index in [2.05, 4.69) is 49.9 Å². The highest BCUT2D eigenvalue weighted by Gasteiger charge is 2.19. The van der Waals surface area contributed by atoms with Crippen LogP contribution in [-0.4, -0.2) is 16.5 Å². The van der Waals surface area contributed by atoms with Gasteiger partial charge >= 0.3 is 0 Å². The SMILES string of the molecule is CCCNC(Cc1nc(C)c(C)s1)c1sc(C)nc1C. The molecule has 0 aliphatic rings. The van der Waals surface area contributed by atoms with Gasteiger partial charge in [0.1, 0.15) is 0 Å². The van der Waals surface area contributed by atoms with E-state index < -0.39 is 0 Å². The molecule has 20 heavy (non-hydrogen) atoms. The second-order valence-corrected chi connectivity index (χ2v) is 7.67. The second-order valence-electron chi connectivity index (χ2n) is 5.14. The summed E-state index contributed by atoms with van der Waals surface area (Å²) in [6.45, 7) is 11.7. The predicted molar refractivity (Wildman–Crippen MR) is 87.9 cm³/mol. The Hall–Kier alpha value is -0.780. The van der Waals surface area contributed by atoms with Gasteiger partial charge in [0, 0.05) is 22.2 Å². The molecule has 5 heteroatoms. The summed E-state index contributed by atoms with van der Waals surface area (Å²) in [6.07, 6.45) is 2.10. The Kier molecular flexibility index (Phi) is 5.29. The lowest BCUT2D eigenvalue weighted by Crippen LogP contribution is -2.24. The highest BCUT2D eigenvalue weighted by Crippen LogP contribution is 2.29. The van der Waals surface area contributed by atoms with E-state index in [0.29, 0.717) is 6.04 Å². The Morgan fingerprint density at radius 2 is 1.80 bits per heavy atom. The van der Waals surface area contributed by atoms with Crippen molar-refractivity contribution in [3.8, 4) is 0 Å². The molecular formula is C15H23N3S2. The lowest BCUT2D eigenvalue weighted by molar-refractivity contribution is 0.532. The molecular weight excluding hydrogens is 286 g/mol. The number of nitrogens with zero attached hydrogens (tertiary/aromatic N) is 2. The first-order valence-electron chi connectivity index (χ1n) is 7.11. The fourth-order valence-corrected chi connectivity index (χ4v) is 4.23. The van der Waals surface area contributed by atoms with Gasteiger partial charge in [-0.3, -0.25) is 0 Å². The molecule has 0 bridgehead atoms. The van der Waals surface area contributed by atoms with Crippen molar-refractivity contribution in [3.63, 3.8) is 0 Å². The van der Waals surface area contributed by atoms with Crippen LogP contribution in [0.1, 0.15) is 50.5 Å². The van der Waals surface area contributed by atoms with E-state index >= 15 is 0 Å². The van der Waals surface area contributed by atoms with E-state index in [9.17, 15) is 0 Å². The van der Waals surface area contributed by atoms with Gasteiger partial charge in [-0.25, -0.2) is 9.97 Å². The molecule has 2 aromatic rings. The second kappa shape index (κ2) is 6.78. The summed E-state index contributed by atoms with van der Waals surface area (Å²) in [5, 5.41) is 6.02. The van der Waals surface area contributed by atoms with Gasteiger partial charge in [0.25, 0.3) is 0 Å². The number of thiazole rings is 2. The number of rotatable bonds is 6. The van der Waals surface area contributed by atoms with Gasteiger partial charge in [-0.15, -0.1) is 22.7 Å². The summed E-state index contributed by atoms with van der Waals surface area (Å²) >= 11 is 3.62. The molecule has 0 spiro atoms. The maximum atomic E-state index is 4.68. The zero-order valence-electron chi connectivity index (χ0n) is 12.9. The van der Waals surface area contributed by atoms with E-state index in [0.717, 1.165) is 35.8 Å². The Balaban J connectivity index is 2.21. The molecule has 0 aliphatic heterocycles. The quantitative estimate of drug-likeness (QED) is 0.872. The zero-order valence-corrected chi connectivity index (χ0v) is 14.5. The van der Waals surface area contributed by atoms with Crippen molar-refractivity contribution in [2.75, 3.05) is 6.54 Å². The number of nitrogens with one attached hydrogen (secondary N) is 1. The number of hydrogen-bond acceptors (Lipinski definition) is 5. The van der Waals surface area contributed by atoms with Crippen LogP contribution in [0.25, 0.3) is 0 Å². The minimum absolute atomic E-state index is 0.339. The van der Waals surface area contributed by atoms with Crippen molar-refractivity contribution in [2.45, 2.75) is 53.5 Å². The minimum Gasteiger partial charge on any atom is -0.309 e. The number of aromatic nitrogens is 2. The van der Waals surface area contributed by atoms with E-state index in [4.69, 9.17) is 0 Å². The molecule has 110 valence electrons. The van der Waals surface area contributed by atoms with Crippen molar-refractivity contribution < 1.29 is 0 Å². The summed E-state index contributed by atoms with van der Waals surface area (Å²) in [5.41, 5.74) is 2.32. The van der Waals surface area contributed by atoms with Gasteiger partial charge in [0.05, 0.1) is 21.4 Å². The molecule has 0 amide bonds. The Bertz CT molecular complexity index is 552. The smallest absolute Gasteiger partial charge is 0.0950 e. The van der Waals surface area contributed by atoms with Crippen LogP contribution in [0, 0.1) is 27.7 Å². The Morgan fingerprint density at radius 3 is 2.30 bits per heavy atom. The van der Waals surface area contributed by atoms with Gasteiger partial charge in [-0.1, -0.05) is 6.92 Å². The van der Waals surface area contributed by atoms with E-state index in [1.165, 1.54) is 14.8 Å². The van der Waals surface area contributed by atoms with E-state index in [1.54, 1.807) is 11.3 Å². The normalized spacial score (nSPS) is 12.8. The summed E-state index contributed by atoms with van der Waals surface area (Å²) < 4.78 is 0. The average Bonchev–Trinajstić information content (AvgIpc) is 2.88. The Labute approximate surface area is 129 Å². The van der Waals surface area contributed by atoms with E-state index in [1.807, 2.05) is 11.3 Å². The van der Waals surface area contributed by atoms with Crippen molar-refractivity contribution >= 4 is 22.7 Å². The van der Waals surface area contributed by atoms with Crippen LogP contribution in [0.15, 0.2) is 0 Å². The maximum absolute atomic E-state index is 4.68. The summed E-state index contributed by atoms with van der Waals surface area (Å²) in [4.78, 5) is 11.9. The molecule has 1 N–H and O–H groups in total. The van der Waals surface area contributed by atoms with Gasteiger partial charge in [-0.2, -0.15) is 0 Å². The molecule has 0 aromatic carbocycles. The molecule has 0 radical (unpaired) electrons. The van der Waals surface area contributed by atoms with Crippen molar-refractivity contribution in [2.24, 2.45) is 0 Å². The number of hydrogen-bond donors (Lipinski definition) is 1. The first kappa shape index (κ1) is 15.6. The Morgan fingerprint density at radius 1 is 1.05 bits per heavy atom. The van der Waals surface area contributed by atoms with Crippen LogP contribution >= 0.6 is 22.7 Å². The highest BCUT2D eigenvalue weighted by atomic mass is 32.1. The van der Waals surface area contributed by atoms with Crippen LogP contribution in [0.3, 0.4) is 0 Å². The van der Waals surface area contributed by atoms with Gasteiger partial charge < -0.3 is 5.32 Å². The minimum atomic E-state index is 0.339. The molecule has 2 heterocycles. The molecule has 2 rings (SSSR count). The van der Waals surface area contributed by atoms with Crippen LogP contribution in [0.2, 0.25) is 0 Å². The third kappa shape index (κ3) is 3.65. The molecule has 0 fully saturated rings. The molecule has 0 saturated carbocycles. The van der Waals surface area contributed by atoms with Crippen LogP contribution in [-0.2, 0) is 6.42 Å². The molecule has 2 aromatic heterocycles.